The molecule has 0 aliphatic carbocycles. The molecule has 0 unspecified atom stereocenters. The Morgan fingerprint density at radius 1 is 1.40 bits per heavy atom. The summed E-state index contributed by atoms with van der Waals surface area (Å²) in [6.07, 6.45) is 3.27. The van der Waals surface area contributed by atoms with E-state index in [1.807, 2.05) is 0 Å². The quantitative estimate of drug-likeness (QED) is 0.563. The number of hydrogen-bond acceptors (Lipinski definition) is 0. The molecule has 3 heteroatoms. The van der Waals surface area contributed by atoms with Gasteiger partial charge in [0.25, 0.3) is 0 Å². The first-order valence-electron chi connectivity index (χ1n) is 2.83. The van der Waals surface area contributed by atoms with Crippen molar-refractivity contribution >= 4 is 0 Å². The van der Waals surface area contributed by atoms with E-state index in [-0.39, 0.29) is 34.6 Å². The molecule has 0 bridgehead atoms. The van der Waals surface area contributed by atoms with Gasteiger partial charge in [0.15, 0.2) is 0 Å². The van der Waals surface area contributed by atoms with Gasteiger partial charge < -0.3 is 25.3 Å². The summed E-state index contributed by atoms with van der Waals surface area (Å²) in [6.45, 7) is 6.10. The maximum atomic E-state index is 4.13. The first-order valence-corrected chi connectivity index (χ1v) is 2.83. The van der Waals surface area contributed by atoms with Crippen molar-refractivity contribution in [3.63, 3.8) is 0 Å². The Balaban J connectivity index is -0.0000000600. The first-order chi connectivity index (χ1) is 3.41. The zero-order valence-electron chi connectivity index (χ0n) is 7.04. The molecule has 0 aromatic heterocycles. The van der Waals surface area contributed by atoms with Gasteiger partial charge in [-0.2, -0.15) is 26.4 Å². The van der Waals surface area contributed by atoms with Gasteiger partial charge in [-0.3, -0.25) is 0 Å². The van der Waals surface area contributed by atoms with Crippen LogP contribution in [0.25, 0.3) is 11.5 Å². The molecule has 0 fully saturated rings. The van der Waals surface area contributed by atoms with Gasteiger partial charge in [-0.25, -0.2) is 0 Å². The third kappa shape index (κ3) is 23.5. The Bertz CT molecular complexity index is 30.8. The van der Waals surface area contributed by atoms with E-state index >= 15 is 0 Å². The van der Waals surface area contributed by atoms with Crippen LogP contribution in [0, 0.1) is 13.8 Å². The van der Waals surface area contributed by atoms with Gasteiger partial charge in [-0.05, 0) is 0 Å². The molecule has 0 aromatic carbocycles. The van der Waals surface area contributed by atoms with Gasteiger partial charge in [-0.1, -0.05) is 6.92 Å². The van der Waals surface area contributed by atoms with Crippen molar-refractivity contribution in [2.75, 3.05) is 13.1 Å². The molecule has 0 saturated carbocycles. The van der Waals surface area contributed by atoms with Gasteiger partial charge in [0.2, 0.25) is 0 Å². The molecule has 66 valence electrons. The second-order valence-corrected chi connectivity index (χ2v) is 1.46. The third-order valence-corrected chi connectivity index (χ3v) is 0.799. The fourth-order valence-electron chi connectivity index (χ4n) is 0.379. The Morgan fingerprint density at radius 2 is 1.90 bits per heavy atom. The molecule has 0 saturated heterocycles. The minimum Gasteiger partial charge on any atom is -0.693 e. The molecule has 0 heterocycles. The van der Waals surface area contributed by atoms with Crippen molar-refractivity contribution in [3.8, 4) is 0 Å². The van der Waals surface area contributed by atoms with Crippen LogP contribution in [0.3, 0.4) is 0 Å². The van der Waals surface area contributed by atoms with Crippen molar-refractivity contribution in [1.82, 2.24) is 0 Å². The normalized spacial score (nSPS) is 6.60. The molecule has 2 N–H and O–H groups in total. The predicted molar refractivity (Wildman–Crippen MR) is 45.1 cm³/mol. The second-order valence-electron chi connectivity index (χ2n) is 1.46. The van der Waals surface area contributed by atoms with Crippen molar-refractivity contribution in [3.05, 3.63) is 25.3 Å². The summed E-state index contributed by atoms with van der Waals surface area (Å²) < 4.78 is 0. The summed E-state index contributed by atoms with van der Waals surface area (Å²) >= 11 is 0. The zero-order valence-corrected chi connectivity index (χ0v) is 9.31. The standard InChI is InChI=1S/C6H13N.CH3.H2N.Pt/c1-3-5-6-7-4-2;;;/h3H,4-6H2,1-2H3;1H3;1H2;/q-2;2*-1;+4. The summed E-state index contributed by atoms with van der Waals surface area (Å²) in [7, 11) is 0. The minimum atomic E-state index is 0. The number of hydrogen-bond donors (Lipinski definition) is 0. The van der Waals surface area contributed by atoms with Crippen LogP contribution in [0.4, 0.5) is 0 Å². The smallest absolute Gasteiger partial charge is 0.693 e. The minimum absolute atomic E-state index is 0. The summed E-state index contributed by atoms with van der Waals surface area (Å²) in [5, 5.41) is 4.13. The van der Waals surface area contributed by atoms with Crippen LogP contribution in [-0.4, -0.2) is 13.1 Å². The average Bonchev–Trinajstić information content (AvgIpc) is 1.69. The molecular formula is C7H18N2Pt. The third-order valence-electron chi connectivity index (χ3n) is 0.799. The van der Waals surface area contributed by atoms with Crippen molar-refractivity contribution in [2.45, 2.75) is 20.3 Å². The monoisotopic (exact) mass is 325 g/mol. The molecule has 2 nitrogen and oxygen atoms in total. The van der Waals surface area contributed by atoms with Gasteiger partial charge in [0.1, 0.15) is 0 Å². The van der Waals surface area contributed by atoms with Crippen molar-refractivity contribution in [2.24, 2.45) is 0 Å². The molecule has 0 aromatic rings. The number of rotatable bonds is 4. The SMILES string of the molecule is C[CH-]CC[N-]CC.[CH3-].[NH2-].[Pt+4]. The van der Waals surface area contributed by atoms with Crippen LogP contribution in [-0.2, 0) is 21.1 Å². The average molecular weight is 325 g/mol. The van der Waals surface area contributed by atoms with Crippen molar-refractivity contribution in [1.29, 1.82) is 0 Å². The van der Waals surface area contributed by atoms with Crippen LogP contribution < -0.4 is 0 Å². The Morgan fingerprint density at radius 3 is 2.20 bits per heavy atom. The first kappa shape index (κ1) is 22.4. The Kier molecular flexibility index (Phi) is 50.8. The molecular weight excluding hydrogens is 307 g/mol. The summed E-state index contributed by atoms with van der Waals surface area (Å²) in [5.41, 5.74) is 0. The Hall–Kier alpha value is 0.608. The second kappa shape index (κ2) is 22.6. The molecule has 0 radical (unpaired) electrons. The van der Waals surface area contributed by atoms with Crippen LogP contribution in [0.15, 0.2) is 0 Å². The molecule has 0 aliphatic rings. The maximum absolute atomic E-state index is 4.13. The van der Waals surface area contributed by atoms with Crippen LogP contribution >= 0.6 is 0 Å². The number of unbranched alkanes of at least 4 members (excludes halogenated alkanes) is 1. The number of nitrogens with zero attached hydrogens (tertiary/aromatic N) is 1. The zero-order chi connectivity index (χ0) is 5.54. The molecule has 0 atom stereocenters. The predicted octanol–water partition coefficient (Wildman–Crippen LogP) is 3.16. The fraction of sp³-hybridized carbons (Fsp3) is 0.714. The summed E-state index contributed by atoms with van der Waals surface area (Å²) in [4.78, 5) is 0. The van der Waals surface area contributed by atoms with E-state index in [2.05, 4.69) is 25.6 Å². The summed E-state index contributed by atoms with van der Waals surface area (Å²) in [5.74, 6) is 0. The Labute approximate surface area is 80.0 Å². The van der Waals surface area contributed by atoms with Crippen LogP contribution in [0.1, 0.15) is 20.3 Å². The largest absolute Gasteiger partial charge is 4.00 e. The van der Waals surface area contributed by atoms with Crippen LogP contribution in [0.5, 0.6) is 0 Å². The maximum Gasteiger partial charge on any atom is 4.00 e. The van der Waals surface area contributed by atoms with E-state index in [4.69, 9.17) is 0 Å². The van der Waals surface area contributed by atoms with E-state index < -0.39 is 0 Å². The molecule has 10 heavy (non-hydrogen) atoms. The van der Waals surface area contributed by atoms with Gasteiger partial charge >= 0.3 is 21.1 Å². The van der Waals surface area contributed by atoms with E-state index in [1.54, 1.807) is 0 Å². The molecule has 0 aliphatic heterocycles. The van der Waals surface area contributed by atoms with Gasteiger partial charge in [0, 0.05) is 0 Å². The van der Waals surface area contributed by atoms with Gasteiger partial charge in [-0.15, -0.1) is 0 Å². The van der Waals surface area contributed by atoms with E-state index in [1.165, 1.54) is 0 Å². The van der Waals surface area contributed by atoms with Crippen molar-refractivity contribution < 1.29 is 21.1 Å². The van der Waals surface area contributed by atoms with E-state index in [0.29, 0.717) is 0 Å². The molecule has 0 rings (SSSR count). The summed E-state index contributed by atoms with van der Waals surface area (Å²) in [6, 6.07) is 0. The number of nitrogens with two attached hydrogens (primary N) is 1. The van der Waals surface area contributed by atoms with E-state index in [0.717, 1.165) is 19.5 Å². The van der Waals surface area contributed by atoms with E-state index in [9.17, 15) is 0 Å². The van der Waals surface area contributed by atoms with Gasteiger partial charge in [0.05, 0.1) is 0 Å². The van der Waals surface area contributed by atoms with Crippen LogP contribution in [0.2, 0.25) is 0 Å². The molecule has 0 spiro atoms. The molecule has 0 amide bonds. The topological polar surface area (TPSA) is 47.6 Å². The fourth-order valence-corrected chi connectivity index (χ4v) is 0.379.